The van der Waals surface area contributed by atoms with Gasteiger partial charge in [0, 0.05) is 0 Å². The van der Waals surface area contributed by atoms with E-state index in [9.17, 15) is 14.7 Å². The normalized spacial score (nSPS) is 17.1. The molecule has 0 spiro atoms. The van der Waals surface area contributed by atoms with Gasteiger partial charge in [-0.2, -0.15) is 0 Å². The Bertz CT molecular complexity index is 1350. The molecule has 0 amide bonds. The molecule has 1 N–H and O–H groups in total. The summed E-state index contributed by atoms with van der Waals surface area (Å²) >= 11 is 5.74. The number of aliphatic carboxylic acids is 1. The molecular weight excluding hydrogens is 474 g/mol. The number of hydrogen-bond donors (Lipinski definition) is 2. The number of rotatable bonds is 7. The predicted octanol–water partition coefficient (Wildman–Crippen LogP) is 6.95. The van der Waals surface area contributed by atoms with Crippen LogP contribution in [0.2, 0.25) is 0 Å². The summed E-state index contributed by atoms with van der Waals surface area (Å²) in [7, 11) is 0. The molecule has 1 aliphatic carbocycles. The summed E-state index contributed by atoms with van der Waals surface area (Å²) in [4.78, 5) is 31.3. The lowest BCUT2D eigenvalue weighted by atomic mass is 9.68. The smallest absolute Gasteiger partial charge is 0.312 e. The van der Waals surface area contributed by atoms with Crippen molar-refractivity contribution >= 4 is 45.3 Å². The van der Waals surface area contributed by atoms with Gasteiger partial charge >= 0.3 is 5.97 Å². The number of carboxylic acid groups (broad SMARTS) is 1. The molecule has 1 aliphatic rings. The van der Waals surface area contributed by atoms with E-state index in [1.54, 1.807) is 36.4 Å². The second-order valence-corrected chi connectivity index (χ2v) is 10.7. The van der Waals surface area contributed by atoms with Gasteiger partial charge in [0.2, 0.25) is 5.12 Å². The maximum Gasteiger partial charge on any atom is 0.312 e. The minimum Gasteiger partial charge on any atom is -0.481 e. The van der Waals surface area contributed by atoms with Crippen molar-refractivity contribution in [2.24, 2.45) is 0 Å². The highest BCUT2D eigenvalue weighted by atomic mass is 32.1. The van der Waals surface area contributed by atoms with Crippen LogP contribution in [0.3, 0.4) is 0 Å². The fourth-order valence-corrected chi connectivity index (χ4v) is 7.17. The molecule has 1 heterocycles. The summed E-state index contributed by atoms with van der Waals surface area (Å²) in [5.74, 6) is -1.74. The lowest BCUT2D eigenvalue weighted by Gasteiger charge is -2.35. The van der Waals surface area contributed by atoms with Gasteiger partial charge in [-0.05, 0) is 47.6 Å². The van der Waals surface area contributed by atoms with Crippen molar-refractivity contribution in [1.82, 2.24) is 4.98 Å². The van der Waals surface area contributed by atoms with E-state index in [0.29, 0.717) is 22.1 Å². The molecule has 2 unspecified atom stereocenters. The third-order valence-corrected chi connectivity index (χ3v) is 8.71. The van der Waals surface area contributed by atoms with E-state index in [4.69, 9.17) is 4.98 Å². The maximum absolute atomic E-state index is 13.5. The van der Waals surface area contributed by atoms with E-state index in [1.807, 2.05) is 30.3 Å². The van der Waals surface area contributed by atoms with Crippen LogP contribution in [0.1, 0.15) is 65.6 Å². The Labute approximate surface area is 214 Å². The minimum atomic E-state index is -1.58. The van der Waals surface area contributed by atoms with Gasteiger partial charge in [0.1, 0.15) is 16.3 Å². The Morgan fingerprint density at radius 3 is 2.23 bits per heavy atom. The van der Waals surface area contributed by atoms with E-state index < -0.39 is 22.4 Å². The summed E-state index contributed by atoms with van der Waals surface area (Å²) in [5.41, 5.74) is 1.60. The molecule has 5 rings (SSSR count). The van der Waals surface area contributed by atoms with Crippen molar-refractivity contribution < 1.29 is 14.7 Å². The monoisotopic (exact) mass is 501 g/mol. The fourth-order valence-electron chi connectivity index (χ4n) is 5.48. The number of aromatic nitrogens is 1. The second kappa shape index (κ2) is 9.96. The number of carboxylic acids is 1. The number of carbonyl (C=O) groups excluding carboxylic acids is 1. The number of thiazole rings is 1. The van der Waals surface area contributed by atoms with Crippen LogP contribution in [0.4, 0.5) is 0 Å². The molecule has 1 aromatic heterocycles. The first-order chi connectivity index (χ1) is 17.0. The Hall–Kier alpha value is -2.96. The molecule has 178 valence electrons. The molecule has 1 saturated carbocycles. The van der Waals surface area contributed by atoms with Gasteiger partial charge in [-0.25, -0.2) is 4.98 Å². The molecule has 4 aromatic rings. The van der Waals surface area contributed by atoms with Gasteiger partial charge in [-0.3, -0.25) is 9.59 Å². The highest BCUT2D eigenvalue weighted by molar-refractivity contribution is 7.96. The standard InChI is InChI=1S/C29H27NO3S2/c31-26(32)25(20-12-6-2-7-13-20)29(28(33)34,22-14-8-3-9-15-22)27-30-23-17-16-21(18-24(23)35-27)19-10-4-1-5-11-19/h2-3,6-9,12-19,25H,1,4-5,10-11H2,(H,31,32)(H,33,34). The summed E-state index contributed by atoms with van der Waals surface area (Å²) in [6.45, 7) is 0. The van der Waals surface area contributed by atoms with E-state index in [2.05, 4.69) is 24.8 Å². The largest absolute Gasteiger partial charge is 0.481 e. The van der Waals surface area contributed by atoms with E-state index in [0.717, 1.165) is 10.2 Å². The van der Waals surface area contributed by atoms with Crippen molar-refractivity contribution in [3.63, 3.8) is 0 Å². The lowest BCUT2D eigenvalue weighted by Crippen LogP contribution is -2.44. The number of thiol groups is 1. The Morgan fingerprint density at radius 1 is 0.943 bits per heavy atom. The molecule has 0 aliphatic heterocycles. The third kappa shape index (κ3) is 4.30. The molecule has 3 aromatic carbocycles. The Morgan fingerprint density at radius 2 is 1.60 bits per heavy atom. The molecule has 4 nitrogen and oxygen atoms in total. The highest BCUT2D eigenvalue weighted by Crippen LogP contribution is 2.49. The molecule has 35 heavy (non-hydrogen) atoms. The van der Waals surface area contributed by atoms with Crippen LogP contribution >= 0.6 is 24.0 Å². The molecule has 2 atom stereocenters. The van der Waals surface area contributed by atoms with Gasteiger partial charge in [0.15, 0.2) is 0 Å². The number of hydrogen-bond acceptors (Lipinski definition) is 4. The molecular formula is C29H27NO3S2. The minimum absolute atomic E-state index is 0.454. The van der Waals surface area contributed by atoms with E-state index >= 15 is 0 Å². The van der Waals surface area contributed by atoms with Crippen molar-refractivity contribution in [3.05, 3.63) is 101 Å². The fraction of sp³-hybridized carbons (Fsp3) is 0.276. The van der Waals surface area contributed by atoms with Crippen LogP contribution in [0.5, 0.6) is 0 Å². The topological polar surface area (TPSA) is 67.3 Å². The summed E-state index contributed by atoms with van der Waals surface area (Å²) < 4.78 is 0.968. The second-order valence-electron chi connectivity index (χ2n) is 9.24. The molecule has 0 saturated heterocycles. The van der Waals surface area contributed by atoms with Crippen molar-refractivity contribution in [1.29, 1.82) is 0 Å². The summed E-state index contributed by atoms with van der Waals surface area (Å²) in [6.07, 6.45) is 6.17. The van der Waals surface area contributed by atoms with Gasteiger partial charge in [-0.1, -0.05) is 86.0 Å². The quantitative estimate of drug-likeness (QED) is 0.269. The van der Waals surface area contributed by atoms with E-state index in [1.165, 1.54) is 49.0 Å². The van der Waals surface area contributed by atoms with Crippen LogP contribution in [0.15, 0.2) is 78.9 Å². The first-order valence-corrected chi connectivity index (χ1v) is 13.3. The summed E-state index contributed by atoms with van der Waals surface area (Å²) in [5, 5.41) is 10.4. The molecule has 6 heteroatoms. The number of carbonyl (C=O) groups is 2. The van der Waals surface area contributed by atoms with Crippen molar-refractivity contribution in [3.8, 4) is 0 Å². The molecule has 1 fully saturated rings. The van der Waals surface area contributed by atoms with Gasteiger partial charge in [-0.15, -0.1) is 24.0 Å². The number of benzene rings is 3. The third-order valence-electron chi connectivity index (χ3n) is 7.21. The van der Waals surface area contributed by atoms with E-state index in [-0.39, 0.29) is 0 Å². The zero-order valence-electron chi connectivity index (χ0n) is 19.3. The highest BCUT2D eigenvalue weighted by Gasteiger charge is 2.53. The van der Waals surface area contributed by atoms with Crippen LogP contribution < -0.4 is 0 Å². The van der Waals surface area contributed by atoms with Gasteiger partial charge in [0.05, 0.1) is 10.2 Å². The SMILES string of the molecule is O=C(O)C(c1ccccc1)C(C(=O)S)(c1ccccc1)c1nc2ccc(C3CCCCC3)cc2s1. The number of nitrogens with zero attached hydrogens (tertiary/aromatic N) is 1. The van der Waals surface area contributed by atoms with Gasteiger partial charge in [0.25, 0.3) is 0 Å². The first-order valence-electron chi connectivity index (χ1n) is 12.0. The van der Waals surface area contributed by atoms with Crippen LogP contribution in [-0.4, -0.2) is 21.2 Å². The molecule has 0 radical (unpaired) electrons. The lowest BCUT2D eigenvalue weighted by molar-refractivity contribution is -0.142. The maximum atomic E-state index is 13.5. The molecule has 0 bridgehead atoms. The zero-order valence-corrected chi connectivity index (χ0v) is 21.0. The predicted molar refractivity (Wildman–Crippen MR) is 143 cm³/mol. The zero-order chi connectivity index (χ0) is 24.4. The van der Waals surface area contributed by atoms with Crippen molar-refractivity contribution in [2.45, 2.75) is 49.4 Å². The Kier molecular flexibility index (Phi) is 6.76. The van der Waals surface area contributed by atoms with Crippen LogP contribution in [0.25, 0.3) is 10.2 Å². The Balaban J connectivity index is 1.74. The van der Waals surface area contributed by atoms with Crippen molar-refractivity contribution in [2.75, 3.05) is 0 Å². The average molecular weight is 502 g/mol. The summed E-state index contributed by atoms with van der Waals surface area (Å²) in [6, 6.07) is 24.3. The van der Waals surface area contributed by atoms with Gasteiger partial charge < -0.3 is 5.11 Å². The van der Waals surface area contributed by atoms with Crippen LogP contribution in [0, 0.1) is 0 Å². The first kappa shape index (κ1) is 23.8. The number of fused-ring (bicyclic) bond motifs is 1. The average Bonchev–Trinajstić information content (AvgIpc) is 3.32. The van der Waals surface area contributed by atoms with Crippen LogP contribution in [-0.2, 0) is 15.0 Å².